The smallest absolute Gasteiger partial charge is 0.0838 e. The summed E-state index contributed by atoms with van der Waals surface area (Å²) in [6, 6.07) is 0. The highest BCUT2D eigenvalue weighted by Gasteiger charge is 2.41. The Kier molecular flexibility index (Phi) is 3.10. The van der Waals surface area contributed by atoms with Crippen LogP contribution in [0.1, 0.15) is 38.5 Å². The molecule has 1 saturated carbocycles. The molecule has 4 fully saturated rings. The number of ether oxygens (including phenoxy) is 3. The maximum absolute atomic E-state index is 5.57. The largest absolute Gasteiger partial charge is 0.373 e. The van der Waals surface area contributed by atoms with Crippen molar-refractivity contribution in [3.8, 4) is 0 Å². The van der Waals surface area contributed by atoms with Crippen molar-refractivity contribution in [3.05, 3.63) is 0 Å². The van der Waals surface area contributed by atoms with Gasteiger partial charge < -0.3 is 14.2 Å². The van der Waals surface area contributed by atoms with Crippen molar-refractivity contribution in [1.29, 1.82) is 0 Å². The fourth-order valence-electron chi connectivity index (χ4n) is 3.87. The van der Waals surface area contributed by atoms with Crippen LogP contribution in [-0.4, -0.2) is 38.1 Å². The van der Waals surface area contributed by atoms with E-state index in [1.807, 2.05) is 0 Å². The molecule has 6 unspecified atom stereocenters. The normalized spacial score (nSPS) is 52.0. The minimum absolute atomic E-state index is 0.574. The third-order valence-corrected chi connectivity index (χ3v) is 5.32. The first-order chi connectivity index (χ1) is 8.90. The average Bonchev–Trinajstić information content (AvgIpc) is 3.24. The molecule has 0 spiro atoms. The van der Waals surface area contributed by atoms with Crippen molar-refractivity contribution in [2.24, 2.45) is 17.8 Å². The maximum atomic E-state index is 5.57. The van der Waals surface area contributed by atoms with Gasteiger partial charge in [0, 0.05) is 0 Å². The number of epoxide rings is 3. The summed E-state index contributed by atoms with van der Waals surface area (Å²) in [6.07, 6.45) is 9.89. The molecule has 18 heavy (non-hydrogen) atoms. The van der Waals surface area contributed by atoms with Crippen LogP contribution in [0.2, 0.25) is 0 Å². The van der Waals surface area contributed by atoms with E-state index in [0.29, 0.717) is 18.3 Å². The molecule has 102 valence electrons. The molecule has 6 atom stereocenters. The van der Waals surface area contributed by atoms with Gasteiger partial charge in [-0.3, -0.25) is 0 Å². The van der Waals surface area contributed by atoms with Crippen LogP contribution in [0.4, 0.5) is 0 Å². The summed E-state index contributed by atoms with van der Waals surface area (Å²) < 4.78 is 16.7. The van der Waals surface area contributed by atoms with Gasteiger partial charge in [0.15, 0.2) is 0 Å². The Morgan fingerprint density at radius 1 is 0.556 bits per heavy atom. The molecule has 0 aromatic rings. The standard InChI is InChI=1S/C15H24O3/c1-2-10(13-7-16-13)4-5-12(15-9-18-15)6-11(3-1)14-8-17-14/h10-15H,1-9H2. The minimum atomic E-state index is 0.574. The monoisotopic (exact) mass is 252 g/mol. The number of hydrogen-bond acceptors (Lipinski definition) is 3. The molecular formula is C15H24O3. The number of hydrogen-bond donors (Lipinski definition) is 0. The van der Waals surface area contributed by atoms with Gasteiger partial charge in [-0.1, -0.05) is 6.42 Å². The maximum Gasteiger partial charge on any atom is 0.0838 e. The van der Waals surface area contributed by atoms with Gasteiger partial charge in [0.05, 0.1) is 38.1 Å². The van der Waals surface area contributed by atoms with Crippen molar-refractivity contribution in [3.63, 3.8) is 0 Å². The Labute approximate surface area is 109 Å². The van der Waals surface area contributed by atoms with Crippen LogP contribution in [0.15, 0.2) is 0 Å². The van der Waals surface area contributed by atoms with Crippen LogP contribution in [0, 0.1) is 17.8 Å². The Bertz CT molecular complexity index is 294. The van der Waals surface area contributed by atoms with Crippen molar-refractivity contribution in [2.45, 2.75) is 56.8 Å². The SMILES string of the molecule is C1CC(C2CO2)CCC(C2CO2)CC(C2CO2)C1. The van der Waals surface area contributed by atoms with Crippen LogP contribution in [0.3, 0.4) is 0 Å². The summed E-state index contributed by atoms with van der Waals surface area (Å²) in [6.45, 7) is 3.04. The second-order valence-electron chi connectivity index (χ2n) is 6.64. The molecule has 3 heterocycles. The van der Waals surface area contributed by atoms with Gasteiger partial charge in [-0.25, -0.2) is 0 Å². The molecule has 0 aromatic heterocycles. The quantitative estimate of drug-likeness (QED) is 0.724. The molecule has 3 aliphatic heterocycles. The van der Waals surface area contributed by atoms with Gasteiger partial charge in [0.25, 0.3) is 0 Å². The van der Waals surface area contributed by atoms with E-state index in [9.17, 15) is 0 Å². The first-order valence-corrected chi connectivity index (χ1v) is 7.75. The van der Waals surface area contributed by atoms with E-state index < -0.39 is 0 Å². The van der Waals surface area contributed by atoms with E-state index in [4.69, 9.17) is 14.2 Å². The topological polar surface area (TPSA) is 37.6 Å². The first kappa shape index (κ1) is 11.7. The predicted octanol–water partition coefficient (Wildman–Crippen LogP) is 2.39. The molecule has 4 rings (SSSR count). The zero-order chi connectivity index (χ0) is 11.9. The third kappa shape index (κ3) is 2.73. The molecule has 0 radical (unpaired) electrons. The second kappa shape index (κ2) is 4.77. The van der Waals surface area contributed by atoms with Gasteiger partial charge in [0.2, 0.25) is 0 Å². The van der Waals surface area contributed by atoms with Crippen LogP contribution in [0.5, 0.6) is 0 Å². The summed E-state index contributed by atoms with van der Waals surface area (Å²) in [5.74, 6) is 2.42. The molecule has 0 amide bonds. The van der Waals surface area contributed by atoms with E-state index in [-0.39, 0.29) is 0 Å². The van der Waals surface area contributed by atoms with Crippen LogP contribution in [0.25, 0.3) is 0 Å². The van der Waals surface area contributed by atoms with Crippen molar-refractivity contribution >= 4 is 0 Å². The molecule has 0 aromatic carbocycles. The fraction of sp³-hybridized carbons (Fsp3) is 1.00. The second-order valence-corrected chi connectivity index (χ2v) is 6.64. The lowest BCUT2D eigenvalue weighted by atomic mass is 9.85. The lowest BCUT2D eigenvalue weighted by molar-refractivity contribution is 0.225. The molecule has 3 nitrogen and oxygen atoms in total. The van der Waals surface area contributed by atoms with Crippen molar-refractivity contribution in [2.75, 3.05) is 19.8 Å². The Hall–Kier alpha value is -0.120. The summed E-state index contributed by atoms with van der Waals surface area (Å²) in [5.41, 5.74) is 0. The van der Waals surface area contributed by atoms with Crippen molar-refractivity contribution in [1.82, 2.24) is 0 Å². The van der Waals surface area contributed by atoms with Gasteiger partial charge >= 0.3 is 0 Å². The Morgan fingerprint density at radius 3 is 1.61 bits per heavy atom. The van der Waals surface area contributed by atoms with Gasteiger partial charge in [0.1, 0.15) is 0 Å². The molecule has 3 heteroatoms. The van der Waals surface area contributed by atoms with E-state index in [1.54, 1.807) is 0 Å². The molecule has 0 N–H and O–H groups in total. The van der Waals surface area contributed by atoms with Crippen molar-refractivity contribution < 1.29 is 14.2 Å². The van der Waals surface area contributed by atoms with Crippen LogP contribution in [-0.2, 0) is 14.2 Å². The minimum Gasteiger partial charge on any atom is -0.373 e. The summed E-state index contributed by atoms with van der Waals surface area (Å²) in [7, 11) is 0. The van der Waals surface area contributed by atoms with E-state index in [1.165, 1.54) is 38.5 Å². The molecule has 3 saturated heterocycles. The van der Waals surface area contributed by atoms with E-state index >= 15 is 0 Å². The molecule has 0 bridgehead atoms. The van der Waals surface area contributed by atoms with Crippen LogP contribution < -0.4 is 0 Å². The summed E-state index contributed by atoms with van der Waals surface area (Å²) >= 11 is 0. The van der Waals surface area contributed by atoms with Gasteiger partial charge in [-0.15, -0.1) is 0 Å². The average molecular weight is 252 g/mol. The van der Waals surface area contributed by atoms with Crippen LogP contribution >= 0.6 is 0 Å². The Balaban J connectivity index is 1.41. The van der Waals surface area contributed by atoms with Gasteiger partial charge in [-0.2, -0.15) is 0 Å². The Morgan fingerprint density at radius 2 is 1.00 bits per heavy atom. The molecule has 4 aliphatic rings. The summed E-state index contributed by atoms with van der Waals surface area (Å²) in [4.78, 5) is 0. The highest BCUT2D eigenvalue weighted by Crippen LogP contribution is 2.41. The predicted molar refractivity (Wildman–Crippen MR) is 67.4 cm³/mol. The lowest BCUT2D eigenvalue weighted by Gasteiger charge is -2.20. The van der Waals surface area contributed by atoms with E-state index in [0.717, 1.165) is 37.6 Å². The zero-order valence-electron chi connectivity index (χ0n) is 11.1. The van der Waals surface area contributed by atoms with Gasteiger partial charge in [-0.05, 0) is 49.9 Å². The summed E-state index contributed by atoms with van der Waals surface area (Å²) in [5, 5.41) is 0. The highest BCUT2D eigenvalue weighted by atomic mass is 16.6. The first-order valence-electron chi connectivity index (χ1n) is 7.75. The molecular weight excluding hydrogens is 228 g/mol. The lowest BCUT2D eigenvalue weighted by Crippen LogP contribution is -2.18. The molecule has 1 aliphatic carbocycles. The number of rotatable bonds is 3. The highest BCUT2D eigenvalue weighted by molar-refractivity contribution is 4.90. The third-order valence-electron chi connectivity index (χ3n) is 5.32. The van der Waals surface area contributed by atoms with E-state index in [2.05, 4.69) is 0 Å². The fourth-order valence-corrected chi connectivity index (χ4v) is 3.87. The zero-order valence-corrected chi connectivity index (χ0v) is 11.1.